The number of hydrogen-bond acceptors (Lipinski definition) is 6. The maximum Gasteiger partial charge on any atom is 0.306 e. The second-order valence-electron chi connectivity index (χ2n) is 20.6. The van der Waals surface area contributed by atoms with Crippen LogP contribution in [0.25, 0.3) is 0 Å². The van der Waals surface area contributed by atoms with Crippen molar-refractivity contribution in [2.75, 3.05) is 13.2 Å². The van der Waals surface area contributed by atoms with Gasteiger partial charge in [0.15, 0.2) is 6.10 Å². The van der Waals surface area contributed by atoms with Crippen LogP contribution in [0.5, 0.6) is 0 Å². The lowest BCUT2D eigenvalue weighted by molar-refractivity contribution is -0.167. The van der Waals surface area contributed by atoms with E-state index in [2.05, 4.69) is 93.7 Å². The van der Waals surface area contributed by atoms with Crippen LogP contribution >= 0.6 is 0 Å². The molecule has 0 spiro atoms. The largest absolute Gasteiger partial charge is 0.462 e. The van der Waals surface area contributed by atoms with Crippen molar-refractivity contribution in [3.8, 4) is 0 Å². The van der Waals surface area contributed by atoms with Crippen LogP contribution in [0.4, 0.5) is 0 Å². The molecule has 0 N–H and O–H groups in total. The van der Waals surface area contributed by atoms with Crippen molar-refractivity contribution in [2.45, 2.75) is 316 Å². The number of allylic oxidation sites excluding steroid dienone is 12. The van der Waals surface area contributed by atoms with Crippen LogP contribution in [0.2, 0.25) is 0 Å². The van der Waals surface area contributed by atoms with Crippen LogP contribution in [-0.2, 0) is 28.6 Å². The molecule has 72 heavy (non-hydrogen) atoms. The van der Waals surface area contributed by atoms with Gasteiger partial charge in [-0.2, -0.15) is 0 Å². The van der Waals surface area contributed by atoms with Gasteiger partial charge in [0.25, 0.3) is 0 Å². The van der Waals surface area contributed by atoms with E-state index in [9.17, 15) is 14.4 Å². The molecular weight excluding hydrogens is 889 g/mol. The van der Waals surface area contributed by atoms with Crippen molar-refractivity contribution in [3.63, 3.8) is 0 Å². The fraction of sp³-hybridized carbons (Fsp3) is 0.773. The minimum atomic E-state index is -0.775. The molecule has 0 saturated heterocycles. The summed E-state index contributed by atoms with van der Waals surface area (Å²) in [4.78, 5) is 38.0. The van der Waals surface area contributed by atoms with E-state index in [0.29, 0.717) is 19.3 Å². The van der Waals surface area contributed by atoms with Gasteiger partial charge in [-0.05, 0) is 89.9 Å². The van der Waals surface area contributed by atoms with Crippen LogP contribution in [0.15, 0.2) is 72.9 Å². The number of hydrogen-bond donors (Lipinski definition) is 0. The predicted molar refractivity (Wildman–Crippen MR) is 311 cm³/mol. The number of rotatable bonds is 56. The van der Waals surface area contributed by atoms with Gasteiger partial charge in [0, 0.05) is 19.3 Å². The van der Waals surface area contributed by atoms with Crippen molar-refractivity contribution in [1.29, 1.82) is 0 Å². The summed E-state index contributed by atoms with van der Waals surface area (Å²) in [5.74, 6) is -0.881. The van der Waals surface area contributed by atoms with Crippen molar-refractivity contribution in [3.05, 3.63) is 72.9 Å². The van der Waals surface area contributed by atoms with E-state index < -0.39 is 6.10 Å². The molecule has 0 amide bonds. The minimum absolute atomic E-state index is 0.0759. The zero-order valence-electron chi connectivity index (χ0n) is 47.7. The number of carbonyl (C=O) groups is 3. The fourth-order valence-corrected chi connectivity index (χ4v) is 8.82. The Bertz CT molecular complexity index is 1340. The summed E-state index contributed by atoms with van der Waals surface area (Å²) in [5, 5.41) is 0. The molecule has 0 rings (SSSR count). The number of ether oxygens (including phenoxy) is 3. The quantitative estimate of drug-likeness (QED) is 0.0261. The molecular formula is C66H116O6. The molecule has 0 aliphatic heterocycles. The lowest BCUT2D eigenvalue weighted by atomic mass is 10.0. The summed E-state index contributed by atoms with van der Waals surface area (Å²) in [6.07, 6.45) is 77.9. The highest BCUT2D eigenvalue weighted by molar-refractivity contribution is 5.71. The molecule has 0 aliphatic carbocycles. The Kier molecular flexibility index (Phi) is 57.8. The predicted octanol–water partition coefficient (Wildman–Crippen LogP) is 20.9. The van der Waals surface area contributed by atoms with Gasteiger partial charge in [-0.1, -0.05) is 273 Å². The summed E-state index contributed by atoms with van der Waals surface area (Å²) in [6, 6.07) is 0. The van der Waals surface area contributed by atoms with E-state index in [4.69, 9.17) is 14.2 Å². The summed E-state index contributed by atoms with van der Waals surface area (Å²) >= 11 is 0. The molecule has 6 nitrogen and oxygen atoms in total. The summed E-state index contributed by atoms with van der Waals surface area (Å²) < 4.78 is 16.8. The maximum absolute atomic E-state index is 12.8. The molecule has 0 saturated carbocycles. The molecule has 0 radical (unpaired) electrons. The van der Waals surface area contributed by atoms with Gasteiger partial charge in [0.1, 0.15) is 13.2 Å². The van der Waals surface area contributed by atoms with Crippen LogP contribution in [0, 0.1) is 0 Å². The first-order valence-corrected chi connectivity index (χ1v) is 30.9. The fourth-order valence-electron chi connectivity index (χ4n) is 8.82. The Labute approximate surface area is 446 Å². The first-order chi connectivity index (χ1) is 35.5. The molecule has 0 fully saturated rings. The molecule has 1 unspecified atom stereocenters. The smallest absolute Gasteiger partial charge is 0.306 e. The molecule has 1 atom stereocenters. The van der Waals surface area contributed by atoms with Gasteiger partial charge in [-0.15, -0.1) is 0 Å². The van der Waals surface area contributed by atoms with Gasteiger partial charge in [-0.25, -0.2) is 0 Å². The molecule has 6 heteroatoms. The SMILES string of the molecule is CC/C=C\C/C=C\C/C=C\C/C=C\C/C=C\CCCCCCCCCCCC(=O)OCC(COC(=O)CCCCCCCC)OC(=O)CCCCCCCCCCCCC/C=C\CCCCCCCCCC. The lowest BCUT2D eigenvalue weighted by Gasteiger charge is -2.18. The maximum atomic E-state index is 12.8. The molecule has 0 heterocycles. The Morgan fingerprint density at radius 3 is 0.861 bits per heavy atom. The molecule has 0 aromatic rings. The highest BCUT2D eigenvalue weighted by atomic mass is 16.6. The third-order valence-electron chi connectivity index (χ3n) is 13.4. The molecule has 0 aromatic carbocycles. The normalized spacial score (nSPS) is 12.5. The average molecular weight is 1010 g/mol. The van der Waals surface area contributed by atoms with E-state index >= 15 is 0 Å². The van der Waals surface area contributed by atoms with Crippen molar-refractivity contribution in [2.24, 2.45) is 0 Å². The summed E-state index contributed by atoms with van der Waals surface area (Å²) in [5.41, 5.74) is 0. The second-order valence-corrected chi connectivity index (χ2v) is 20.6. The second kappa shape index (κ2) is 60.4. The topological polar surface area (TPSA) is 78.9 Å². The van der Waals surface area contributed by atoms with Crippen LogP contribution in [-0.4, -0.2) is 37.2 Å². The zero-order valence-corrected chi connectivity index (χ0v) is 47.7. The minimum Gasteiger partial charge on any atom is -0.462 e. The van der Waals surface area contributed by atoms with Gasteiger partial charge < -0.3 is 14.2 Å². The Balaban J connectivity index is 4.11. The van der Waals surface area contributed by atoms with E-state index in [1.807, 2.05) is 0 Å². The van der Waals surface area contributed by atoms with Crippen molar-refractivity contribution < 1.29 is 28.6 Å². The van der Waals surface area contributed by atoms with Crippen LogP contribution in [0.3, 0.4) is 0 Å². The van der Waals surface area contributed by atoms with E-state index in [1.54, 1.807) is 0 Å². The summed E-state index contributed by atoms with van der Waals surface area (Å²) in [6.45, 7) is 6.49. The molecule has 0 aliphatic rings. The Hall–Kier alpha value is -3.15. The standard InChI is InChI=1S/C66H116O6/c1-4-7-10-13-16-18-20-22-24-26-28-30-32-33-35-36-38-40-42-44-46-48-50-53-56-59-65(68)71-62-63(61-70-64(67)58-55-52-15-12-9-6-3)72-66(69)60-57-54-51-49-47-45-43-41-39-37-34-31-29-27-25-23-21-19-17-14-11-8-5-2/h7,10,16,18,22,24,27-30,33,35,63H,4-6,8-9,11-15,17,19-21,23,25-26,31-32,34,36-62H2,1-3H3/b10-7-,18-16-,24-22-,29-27-,30-28-,35-33-. The lowest BCUT2D eigenvalue weighted by Crippen LogP contribution is -2.30. The van der Waals surface area contributed by atoms with Gasteiger partial charge in [0.05, 0.1) is 0 Å². The third-order valence-corrected chi connectivity index (χ3v) is 13.4. The number of unbranched alkanes of at least 4 members (excludes halogenated alkanes) is 33. The Morgan fingerprint density at radius 1 is 0.292 bits per heavy atom. The number of carbonyl (C=O) groups excluding carboxylic acids is 3. The van der Waals surface area contributed by atoms with E-state index in [0.717, 1.165) is 96.3 Å². The Morgan fingerprint density at radius 2 is 0.542 bits per heavy atom. The van der Waals surface area contributed by atoms with Crippen molar-refractivity contribution in [1.82, 2.24) is 0 Å². The first-order valence-electron chi connectivity index (χ1n) is 30.9. The third kappa shape index (κ3) is 57.7. The highest BCUT2D eigenvalue weighted by Crippen LogP contribution is 2.16. The first kappa shape index (κ1) is 68.8. The van der Waals surface area contributed by atoms with Crippen LogP contribution < -0.4 is 0 Å². The molecule has 0 bridgehead atoms. The monoisotopic (exact) mass is 1000 g/mol. The highest BCUT2D eigenvalue weighted by Gasteiger charge is 2.19. The molecule has 0 aromatic heterocycles. The van der Waals surface area contributed by atoms with Crippen LogP contribution in [0.1, 0.15) is 310 Å². The van der Waals surface area contributed by atoms with E-state index in [1.165, 1.54) is 173 Å². The van der Waals surface area contributed by atoms with Gasteiger partial charge in [-0.3, -0.25) is 14.4 Å². The summed E-state index contributed by atoms with van der Waals surface area (Å²) in [7, 11) is 0. The van der Waals surface area contributed by atoms with Crippen molar-refractivity contribution >= 4 is 17.9 Å². The van der Waals surface area contributed by atoms with Gasteiger partial charge >= 0.3 is 17.9 Å². The number of esters is 3. The zero-order chi connectivity index (χ0) is 52.2. The van der Waals surface area contributed by atoms with Gasteiger partial charge in [0.2, 0.25) is 0 Å². The van der Waals surface area contributed by atoms with E-state index in [-0.39, 0.29) is 31.1 Å². The molecule has 416 valence electrons. The average Bonchev–Trinajstić information content (AvgIpc) is 3.38.